The number of Topliss-reactive ketones (excluding diaryl/α,β-unsaturated/α-hetero) is 1. The van der Waals surface area contributed by atoms with E-state index in [4.69, 9.17) is 9.78 Å². The molecule has 6 nitrogen and oxygen atoms in total. The van der Waals surface area contributed by atoms with Gasteiger partial charge < -0.3 is 9.84 Å². The van der Waals surface area contributed by atoms with Crippen LogP contribution in [0.2, 0.25) is 0 Å². The van der Waals surface area contributed by atoms with Crippen LogP contribution in [-0.4, -0.2) is 23.4 Å². The lowest BCUT2D eigenvalue weighted by atomic mass is 9.75. The standard InChI is InChI=1S/C20H21N3O3/c1-20(2)11-15-18(16(24)12-20)17(26-23-15)10-13-4-6-14(7-5-13)19(25)22-9-3-8-21/h4-7H,3,9-12H2,1-2H3,(H,22,25). The van der Waals surface area contributed by atoms with Crippen LogP contribution < -0.4 is 5.32 Å². The molecule has 1 aliphatic carbocycles. The van der Waals surface area contributed by atoms with Gasteiger partial charge in [-0.25, -0.2) is 0 Å². The first-order valence-electron chi connectivity index (χ1n) is 8.64. The minimum absolute atomic E-state index is 0.0843. The number of amides is 1. The molecule has 3 rings (SSSR count). The van der Waals surface area contributed by atoms with E-state index in [9.17, 15) is 9.59 Å². The molecule has 1 N–H and O–H groups in total. The van der Waals surface area contributed by atoms with Crippen molar-refractivity contribution in [1.82, 2.24) is 10.5 Å². The van der Waals surface area contributed by atoms with E-state index in [1.807, 2.05) is 18.2 Å². The van der Waals surface area contributed by atoms with Crippen LogP contribution in [0.4, 0.5) is 0 Å². The minimum atomic E-state index is -0.207. The number of benzene rings is 1. The van der Waals surface area contributed by atoms with Crippen LogP contribution >= 0.6 is 0 Å². The molecule has 2 aromatic rings. The number of ketones is 1. The van der Waals surface area contributed by atoms with E-state index in [0.717, 1.165) is 17.7 Å². The van der Waals surface area contributed by atoms with Gasteiger partial charge in [0, 0.05) is 24.9 Å². The summed E-state index contributed by atoms with van der Waals surface area (Å²) in [5.41, 5.74) is 2.76. The van der Waals surface area contributed by atoms with Crippen molar-refractivity contribution >= 4 is 11.7 Å². The summed E-state index contributed by atoms with van der Waals surface area (Å²) < 4.78 is 5.45. The predicted molar refractivity (Wildman–Crippen MR) is 94.7 cm³/mol. The smallest absolute Gasteiger partial charge is 0.251 e. The highest BCUT2D eigenvalue weighted by molar-refractivity contribution is 5.99. The van der Waals surface area contributed by atoms with Gasteiger partial charge in [-0.3, -0.25) is 9.59 Å². The van der Waals surface area contributed by atoms with Gasteiger partial charge in [-0.05, 0) is 29.5 Å². The van der Waals surface area contributed by atoms with Crippen molar-refractivity contribution in [2.45, 2.75) is 39.5 Å². The first-order valence-corrected chi connectivity index (χ1v) is 8.64. The molecule has 0 spiro atoms. The Morgan fingerprint density at radius 2 is 2.04 bits per heavy atom. The summed E-state index contributed by atoms with van der Waals surface area (Å²) in [6.45, 7) is 4.45. The van der Waals surface area contributed by atoms with Crippen molar-refractivity contribution in [3.8, 4) is 6.07 Å². The highest BCUT2D eigenvalue weighted by Crippen LogP contribution is 2.36. The van der Waals surface area contributed by atoms with Gasteiger partial charge in [-0.2, -0.15) is 5.26 Å². The highest BCUT2D eigenvalue weighted by Gasteiger charge is 2.35. The second-order valence-corrected chi connectivity index (χ2v) is 7.41. The van der Waals surface area contributed by atoms with E-state index in [1.54, 1.807) is 12.1 Å². The molecule has 0 saturated heterocycles. The number of aromatic nitrogens is 1. The maximum Gasteiger partial charge on any atom is 0.251 e. The monoisotopic (exact) mass is 351 g/mol. The van der Waals surface area contributed by atoms with E-state index >= 15 is 0 Å². The predicted octanol–water partition coefficient (Wildman–Crippen LogP) is 3.06. The van der Waals surface area contributed by atoms with Gasteiger partial charge in [-0.1, -0.05) is 31.1 Å². The molecule has 1 aromatic carbocycles. The quantitative estimate of drug-likeness (QED) is 0.835. The molecule has 0 bridgehead atoms. The number of carbonyl (C=O) groups is 2. The lowest BCUT2D eigenvalue weighted by Gasteiger charge is -2.26. The van der Waals surface area contributed by atoms with Crippen molar-refractivity contribution in [3.63, 3.8) is 0 Å². The van der Waals surface area contributed by atoms with E-state index < -0.39 is 0 Å². The Labute approximate surface area is 152 Å². The molecule has 26 heavy (non-hydrogen) atoms. The van der Waals surface area contributed by atoms with Crippen LogP contribution in [0.3, 0.4) is 0 Å². The van der Waals surface area contributed by atoms with Gasteiger partial charge in [0.05, 0.1) is 23.7 Å². The Morgan fingerprint density at radius 3 is 2.73 bits per heavy atom. The third-order valence-corrected chi connectivity index (χ3v) is 4.50. The van der Waals surface area contributed by atoms with Crippen molar-refractivity contribution in [1.29, 1.82) is 5.26 Å². The summed E-state index contributed by atoms with van der Waals surface area (Å²) in [6.07, 6.45) is 1.98. The number of rotatable bonds is 5. The fourth-order valence-corrected chi connectivity index (χ4v) is 3.25. The third kappa shape index (κ3) is 3.83. The lowest BCUT2D eigenvalue weighted by molar-refractivity contribution is 0.0909. The second kappa shape index (κ2) is 7.12. The lowest BCUT2D eigenvalue weighted by Crippen LogP contribution is -2.27. The van der Waals surface area contributed by atoms with Crippen LogP contribution in [0.25, 0.3) is 0 Å². The number of nitrogens with one attached hydrogen (secondary N) is 1. The summed E-state index contributed by atoms with van der Waals surface area (Å²) in [6, 6.07) is 9.11. The zero-order valence-electron chi connectivity index (χ0n) is 15.0. The number of hydrogen-bond donors (Lipinski definition) is 1. The summed E-state index contributed by atoms with van der Waals surface area (Å²) in [5, 5.41) is 15.3. The van der Waals surface area contributed by atoms with Crippen LogP contribution in [0.5, 0.6) is 0 Å². The first kappa shape index (κ1) is 17.9. The molecule has 1 aromatic heterocycles. The third-order valence-electron chi connectivity index (χ3n) is 4.50. The summed E-state index contributed by atoms with van der Waals surface area (Å²) >= 11 is 0. The Balaban J connectivity index is 1.71. The molecule has 6 heteroatoms. The molecule has 134 valence electrons. The SMILES string of the molecule is CC1(C)CC(=O)c2c(noc2Cc2ccc(C(=O)NCCC#N)cc2)C1. The highest BCUT2D eigenvalue weighted by atomic mass is 16.5. The van der Waals surface area contributed by atoms with Gasteiger partial charge in [-0.15, -0.1) is 0 Å². The van der Waals surface area contributed by atoms with Gasteiger partial charge in [0.25, 0.3) is 5.91 Å². The second-order valence-electron chi connectivity index (χ2n) is 7.41. The molecule has 0 aliphatic heterocycles. The van der Waals surface area contributed by atoms with Crippen LogP contribution in [0, 0.1) is 16.7 Å². The zero-order chi connectivity index (χ0) is 18.7. The number of carbonyl (C=O) groups excluding carboxylic acids is 2. The molecule has 0 radical (unpaired) electrons. The van der Waals surface area contributed by atoms with Crippen molar-refractivity contribution in [2.75, 3.05) is 6.54 Å². The average Bonchev–Trinajstić information content (AvgIpc) is 2.97. The fourth-order valence-electron chi connectivity index (χ4n) is 3.25. The Kier molecular flexibility index (Phi) is 4.90. The van der Waals surface area contributed by atoms with E-state index in [0.29, 0.717) is 36.3 Å². The maximum absolute atomic E-state index is 12.5. The summed E-state index contributed by atoms with van der Waals surface area (Å²) in [7, 11) is 0. The van der Waals surface area contributed by atoms with Gasteiger partial charge in [0.2, 0.25) is 0 Å². The summed E-state index contributed by atoms with van der Waals surface area (Å²) in [4.78, 5) is 24.4. The molecular formula is C20H21N3O3. The Morgan fingerprint density at radius 1 is 1.31 bits per heavy atom. The largest absolute Gasteiger partial charge is 0.360 e. The number of nitriles is 1. The molecule has 0 fully saturated rings. The zero-order valence-corrected chi connectivity index (χ0v) is 15.0. The molecule has 0 saturated carbocycles. The average molecular weight is 351 g/mol. The van der Waals surface area contributed by atoms with E-state index in [1.165, 1.54) is 0 Å². The summed E-state index contributed by atoms with van der Waals surface area (Å²) in [5.74, 6) is 0.467. The molecule has 1 heterocycles. The maximum atomic E-state index is 12.5. The van der Waals surface area contributed by atoms with Crippen molar-refractivity contribution in [2.24, 2.45) is 5.41 Å². The topological polar surface area (TPSA) is 96.0 Å². The van der Waals surface area contributed by atoms with Crippen LogP contribution in [0.15, 0.2) is 28.8 Å². The Hall–Kier alpha value is -2.94. The number of nitrogens with zero attached hydrogens (tertiary/aromatic N) is 2. The Bertz CT molecular complexity index is 873. The van der Waals surface area contributed by atoms with E-state index in [-0.39, 0.29) is 23.5 Å². The molecular weight excluding hydrogens is 330 g/mol. The number of fused-ring (bicyclic) bond motifs is 1. The molecule has 1 amide bonds. The first-order chi connectivity index (χ1) is 12.4. The minimum Gasteiger partial charge on any atom is -0.360 e. The van der Waals surface area contributed by atoms with E-state index in [2.05, 4.69) is 24.3 Å². The normalized spacial score (nSPS) is 15.2. The van der Waals surface area contributed by atoms with Gasteiger partial charge in [0.1, 0.15) is 0 Å². The van der Waals surface area contributed by atoms with Crippen LogP contribution in [-0.2, 0) is 12.8 Å². The molecule has 0 unspecified atom stereocenters. The molecule has 0 atom stereocenters. The van der Waals surface area contributed by atoms with Gasteiger partial charge >= 0.3 is 0 Å². The van der Waals surface area contributed by atoms with Crippen LogP contribution in [0.1, 0.15) is 64.4 Å². The van der Waals surface area contributed by atoms with Crippen molar-refractivity contribution < 1.29 is 14.1 Å². The molecule has 1 aliphatic rings. The van der Waals surface area contributed by atoms with Gasteiger partial charge in [0.15, 0.2) is 11.5 Å². The fraction of sp³-hybridized carbons (Fsp3) is 0.400. The van der Waals surface area contributed by atoms with Crippen molar-refractivity contribution in [3.05, 3.63) is 52.4 Å². The number of hydrogen-bond acceptors (Lipinski definition) is 5.